The molecule has 3 fully saturated rings. The molecule has 6 aromatic rings. The standard InChI is InChI=1S/C48H51N6O22P/c1-68-25-10-4-22(5-11-25)28-16-52(46(64)49-40(28)61)43-37(58)34(55)31(74-43)19-71-77(67,72-20-32-35(56)38(59)44(75-32)53-17-29(41(62)50-47(53)65)23-6-12-26(69-2)13-7-23)73-21-33-36(57)39(60)45(76-33)54-18-30(42(63)51-48(54)66)24-8-14-27(70-3)15-9-24/h4-18,31-39,43-45,55-60H,19-21H2,1-3H3,(H,49,61,64)(H,50,62,65)(H,51,63,66)/t31-,32-,33-,34-,35-,36-,37-,38-,39-,43-,44-,45-/m1/s1. The van der Waals surface area contributed by atoms with E-state index >= 15 is 0 Å². The number of nitrogens with one attached hydrogen (secondary N) is 3. The highest BCUT2D eigenvalue weighted by Gasteiger charge is 2.50. The number of ether oxygens (including phenoxy) is 6. The zero-order chi connectivity index (χ0) is 55.0. The third kappa shape index (κ3) is 11.1. The average molecular weight is 1090 g/mol. The van der Waals surface area contributed by atoms with Crippen LogP contribution in [0.5, 0.6) is 17.2 Å². The minimum Gasteiger partial charge on any atom is -0.497 e. The maximum Gasteiger partial charge on any atom is 0.475 e. The van der Waals surface area contributed by atoms with Crippen LogP contribution in [0.4, 0.5) is 0 Å². The van der Waals surface area contributed by atoms with Crippen molar-refractivity contribution in [3.8, 4) is 50.6 Å². The van der Waals surface area contributed by atoms with E-state index in [4.69, 9.17) is 42.0 Å². The van der Waals surface area contributed by atoms with Crippen LogP contribution in [-0.2, 0) is 32.3 Å². The molecule has 28 nitrogen and oxygen atoms in total. The Morgan fingerprint density at radius 2 is 0.675 bits per heavy atom. The summed E-state index contributed by atoms with van der Waals surface area (Å²) < 4.78 is 67.1. The lowest BCUT2D eigenvalue weighted by Gasteiger charge is -2.24. The number of aromatic nitrogens is 6. The molecule has 6 heterocycles. The van der Waals surface area contributed by atoms with Gasteiger partial charge < -0.3 is 59.1 Å². The Morgan fingerprint density at radius 3 is 0.909 bits per heavy atom. The first kappa shape index (κ1) is 54.6. The molecule has 0 bridgehead atoms. The number of rotatable bonds is 18. The van der Waals surface area contributed by atoms with Gasteiger partial charge in [-0.2, -0.15) is 0 Å². The van der Waals surface area contributed by atoms with Gasteiger partial charge in [0.1, 0.15) is 72.2 Å². The molecular formula is C48H51N6O22P. The first-order chi connectivity index (χ1) is 36.8. The summed E-state index contributed by atoms with van der Waals surface area (Å²) in [5.41, 5.74) is -4.63. The average Bonchev–Trinajstić information content (AvgIpc) is 3.99. The summed E-state index contributed by atoms with van der Waals surface area (Å²) in [6.45, 7) is -2.89. The second-order valence-electron chi connectivity index (χ2n) is 17.8. The van der Waals surface area contributed by atoms with E-state index < -0.39 is 135 Å². The zero-order valence-electron chi connectivity index (χ0n) is 40.7. The third-order valence-electron chi connectivity index (χ3n) is 13.1. The second kappa shape index (κ2) is 22.4. The van der Waals surface area contributed by atoms with Crippen molar-refractivity contribution in [1.29, 1.82) is 0 Å². The number of benzene rings is 3. The van der Waals surface area contributed by atoms with E-state index in [2.05, 4.69) is 15.0 Å². The van der Waals surface area contributed by atoms with Gasteiger partial charge in [0.15, 0.2) is 18.7 Å². The summed E-state index contributed by atoms with van der Waals surface area (Å²) in [7, 11) is -0.877. The van der Waals surface area contributed by atoms with Crippen LogP contribution in [-0.4, -0.2) is 155 Å². The molecule has 3 aromatic carbocycles. The number of nitrogens with zero attached hydrogens (tertiary/aromatic N) is 3. The quantitative estimate of drug-likeness (QED) is 0.0451. The van der Waals surface area contributed by atoms with Crippen molar-refractivity contribution in [3.63, 3.8) is 0 Å². The van der Waals surface area contributed by atoms with Gasteiger partial charge in [-0.3, -0.25) is 56.6 Å². The number of phosphoric acid groups is 1. The van der Waals surface area contributed by atoms with Crippen molar-refractivity contribution < 1.29 is 77.2 Å². The van der Waals surface area contributed by atoms with E-state index in [1.165, 1.54) is 57.7 Å². The minimum absolute atomic E-state index is 0.0397. The van der Waals surface area contributed by atoms with Crippen LogP contribution in [0.1, 0.15) is 18.7 Å². The molecule has 3 saturated heterocycles. The molecule has 29 heteroatoms. The highest BCUT2D eigenvalue weighted by atomic mass is 31.2. The monoisotopic (exact) mass is 1090 g/mol. The summed E-state index contributed by atoms with van der Waals surface area (Å²) in [4.78, 5) is 84.5. The fourth-order valence-electron chi connectivity index (χ4n) is 8.85. The number of phosphoric ester groups is 1. The summed E-state index contributed by atoms with van der Waals surface area (Å²) in [5, 5.41) is 67.1. The first-order valence-corrected chi connectivity index (χ1v) is 24.9. The van der Waals surface area contributed by atoms with Gasteiger partial charge in [0.2, 0.25) is 0 Å². The number of H-pyrrole nitrogens is 3. The van der Waals surface area contributed by atoms with Crippen molar-refractivity contribution in [2.75, 3.05) is 41.2 Å². The van der Waals surface area contributed by atoms with Gasteiger partial charge in [-0.15, -0.1) is 0 Å². The number of hydrogen-bond acceptors (Lipinski definition) is 22. The highest BCUT2D eigenvalue weighted by molar-refractivity contribution is 7.48. The molecule has 0 spiro atoms. The van der Waals surface area contributed by atoms with Crippen LogP contribution in [0.25, 0.3) is 33.4 Å². The maximum absolute atomic E-state index is 14.7. The molecule has 0 saturated carbocycles. The van der Waals surface area contributed by atoms with E-state index in [1.807, 2.05) is 0 Å². The molecule has 12 atom stereocenters. The smallest absolute Gasteiger partial charge is 0.475 e. The Balaban J connectivity index is 0.958. The van der Waals surface area contributed by atoms with Crippen molar-refractivity contribution in [3.05, 3.63) is 154 Å². The van der Waals surface area contributed by atoms with E-state index in [0.29, 0.717) is 33.9 Å². The predicted molar refractivity (Wildman–Crippen MR) is 263 cm³/mol. The molecule has 410 valence electrons. The molecule has 9 N–H and O–H groups in total. The number of aromatic amines is 3. The topological polar surface area (TPSA) is 386 Å². The normalized spacial score (nSPS) is 26.2. The Kier molecular flexibility index (Phi) is 15.9. The third-order valence-corrected chi connectivity index (χ3v) is 14.5. The van der Waals surface area contributed by atoms with Gasteiger partial charge in [-0.25, -0.2) is 18.9 Å². The minimum atomic E-state index is -5.20. The molecule has 0 aliphatic carbocycles. The van der Waals surface area contributed by atoms with E-state index in [9.17, 15) is 64.0 Å². The Hall–Kier alpha value is -7.15. The van der Waals surface area contributed by atoms with Gasteiger partial charge in [0, 0.05) is 18.6 Å². The maximum atomic E-state index is 14.7. The largest absolute Gasteiger partial charge is 0.497 e. The fourth-order valence-corrected chi connectivity index (χ4v) is 10.1. The Labute approximate surface area is 432 Å². The van der Waals surface area contributed by atoms with Gasteiger partial charge >= 0.3 is 24.9 Å². The van der Waals surface area contributed by atoms with Crippen LogP contribution in [0, 0.1) is 0 Å². The van der Waals surface area contributed by atoms with Crippen LogP contribution in [0.2, 0.25) is 0 Å². The summed E-state index contributed by atoms with van der Waals surface area (Å²) >= 11 is 0. The summed E-state index contributed by atoms with van der Waals surface area (Å²) in [6.07, 6.45) is -18.0. The van der Waals surface area contributed by atoms with Gasteiger partial charge in [-0.1, -0.05) is 36.4 Å². The SMILES string of the molecule is COc1ccc(-c2cn([C@@H]3O[C@H](COP(=O)(OC[C@H]4O[C@@H](n5cc(-c6ccc(OC)cc6)c(=O)[nH]c5=O)[C@H](O)[C@@H]4O)OC[C@H]4O[C@@H](n5cc(-c6ccc(OC)cc6)c(=O)[nH]c5=O)[C@H](O)[C@@H]4O)[C@@H](O)[C@H]3O)c(=O)[nH]c2=O)cc1. The summed E-state index contributed by atoms with van der Waals surface area (Å²) in [5.74, 6) is 1.41. The molecule has 3 aliphatic heterocycles. The molecular weight excluding hydrogens is 1040 g/mol. The van der Waals surface area contributed by atoms with Gasteiger partial charge in [-0.05, 0) is 53.1 Å². The van der Waals surface area contributed by atoms with Crippen LogP contribution < -0.4 is 48.0 Å². The van der Waals surface area contributed by atoms with E-state index in [1.54, 1.807) is 36.4 Å². The van der Waals surface area contributed by atoms with Gasteiger partial charge in [0.25, 0.3) is 16.7 Å². The molecule has 77 heavy (non-hydrogen) atoms. The molecule has 3 aromatic heterocycles. The first-order valence-electron chi connectivity index (χ1n) is 23.4. The second-order valence-corrected chi connectivity index (χ2v) is 19.5. The van der Waals surface area contributed by atoms with Crippen molar-refractivity contribution >= 4 is 7.82 Å². The van der Waals surface area contributed by atoms with Crippen LogP contribution >= 0.6 is 7.82 Å². The zero-order valence-corrected chi connectivity index (χ0v) is 41.6. The highest BCUT2D eigenvalue weighted by Crippen LogP contribution is 2.52. The lowest BCUT2D eigenvalue weighted by Crippen LogP contribution is -2.38. The fraction of sp³-hybridized carbons (Fsp3) is 0.375. The van der Waals surface area contributed by atoms with Gasteiger partial charge in [0.05, 0.1) is 57.8 Å². The molecule has 9 rings (SSSR count). The number of methoxy groups -OCH3 is 3. The van der Waals surface area contributed by atoms with E-state index in [0.717, 1.165) is 32.3 Å². The van der Waals surface area contributed by atoms with Crippen molar-refractivity contribution in [1.82, 2.24) is 28.7 Å². The predicted octanol–water partition coefficient (Wildman–Crippen LogP) is -1.32. The lowest BCUT2D eigenvalue weighted by molar-refractivity contribution is -0.0749. The Bertz CT molecular complexity index is 3140. The molecule has 0 radical (unpaired) electrons. The van der Waals surface area contributed by atoms with E-state index in [-0.39, 0.29) is 16.7 Å². The van der Waals surface area contributed by atoms with Crippen molar-refractivity contribution in [2.24, 2.45) is 0 Å². The lowest BCUT2D eigenvalue weighted by atomic mass is 10.1. The van der Waals surface area contributed by atoms with Crippen LogP contribution in [0.15, 0.2) is 120 Å². The molecule has 0 amide bonds. The summed E-state index contributed by atoms with van der Waals surface area (Å²) in [6, 6.07) is 18.6. The molecule has 3 aliphatic rings. The Morgan fingerprint density at radius 1 is 0.429 bits per heavy atom. The van der Waals surface area contributed by atoms with Crippen LogP contribution in [0.3, 0.4) is 0 Å². The van der Waals surface area contributed by atoms with Crippen molar-refractivity contribution in [2.45, 2.75) is 73.6 Å². The number of hydrogen-bond donors (Lipinski definition) is 9. The number of aliphatic hydroxyl groups is 6. The molecule has 0 unspecified atom stereocenters. The number of aliphatic hydroxyl groups excluding tert-OH is 6.